The number of unbranched alkanes of at least 4 members (excludes halogenated alkanes) is 2. The third-order valence-electron chi connectivity index (χ3n) is 2.46. The highest BCUT2D eigenvalue weighted by Crippen LogP contribution is 1.98. The number of carbonyl (C=O) groups is 1. The van der Waals surface area contributed by atoms with Crippen LogP contribution in [0.2, 0.25) is 0 Å². The Hall–Kier alpha value is -0.610. The Labute approximate surface area is 111 Å². The highest BCUT2D eigenvalue weighted by atomic mass is 16.5. The lowest BCUT2D eigenvalue weighted by atomic mass is 10.2. The normalized spacial score (nSPS) is 10.9. The lowest BCUT2D eigenvalue weighted by Gasteiger charge is -2.08. The standard InChI is InChI=1S/C14H29NO3/c1-4-5-10-17-12-9-15-14(16)8-6-7-11-18-13(2)3/h13H,4-12H2,1-3H3,(H,15,16). The minimum Gasteiger partial charge on any atom is -0.380 e. The molecule has 0 rings (SSSR count). The molecule has 108 valence electrons. The highest BCUT2D eigenvalue weighted by molar-refractivity contribution is 5.75. The molecule has 18 heavy (non-hydrogen) atoms. The topological polar surface area (TPSA) is 47.6 Å². The molecule has 0 aliphatic heterocycles. The van der Waals surface area contributed by atoms with Crippen molar-refractivity contribution in [1.82, 2.24) is 5.32 Å². The van der Waals surface area contributed by atoms with Gasteiger partial charge < -0.3 is 14.8 Å². The summed E-state index contributed by atoms with van der Waals surface area (Å²) in [7, 11) is 0. The smallest absolute Gasteiger partial charge is 0.220 e. The first-order chi connectivity index (χ1) is 8.66. The zero-order valence-electron chi connectivity index (χ0n) is 12.2. The van der Waals surface area contributed by atoms with E-state index < -0.39 is 0 Å². The predicted octanol–water partition coefficient (Wildman–Crippen LogP) is 2.51. The van der Waals surface area contributed by atoms with Crippen LogP contribution >= 0.6 is 0 Å². The van der Waals surface area contributed by atoms with Crippen molar-refractivity contribution in [3.63, 3.8) is 0 Å². The molecule has 4 heteroatoms. The molecule has 1 amide bonds. The molecule has 0 aliphatic rings. The lowest BCUT2D eigenvalue weighted by molar-refractivity contribution is -0.121. The third kappa shape index (κ3) is 13.5. The van der Waals surface area contributed by atoms with E-state index in [0.717, 1.165) is 38.9 Å². The van der Waals surface area contributed by atoms with E-state index in [1.165, 1.54) is 0 Å². The van der Waals surface area contributed by atoms with Crippen LogP contribution in [0.5, 0.6) is 0 Å². The number of hydrogen-bond acceptors (Lipinski definition) is 3. The van der Waals surface area contributed by atoms with Crippen molar-refractivity contribution in [2.45, 2.75) is 59.0 Å². The van der Waals surface area contributed by atoms with Gasteiger partial charge in [-0.05, 0) is 33.1 Å². The number of carbonyl (C=O) groups excluding carboxylic acids is 1. The molecule has 0 fully saturated rings. The fourth-order valence-corrected chi connectivity index (χ4v) is 1.41. The maximum Gasteiger partial charge on any atom is 0.220 e. The average Bonchev–Trinajstić information content (AvgIpc) is 2.33. The van der Waals surface area contributed by atoms with Gasteiger partial charge in [0.05, 0.1) is 12.7 Å². The molecule has 1 N–H and O–H groups in total. The van der Waals surface area contributed by atoms with Gasteiger partial charge in [0.25, 0.3) is 0 Å². The van der Waals surface area contributed by atoms with Gasteiger partial charge in [-0.25, -0.2) is 0 Å². The van der Waals surface area contributed by atoms with Crippen LogP contribution < -0.4 is 5.32 Å². The van der Waals surface area contributed by atoms with E-state index in [1.54, 1.807) is 0 Å². The van der Waals surface area contributed by atoms with Crippen LogP contribution in [0, 0.1) is 0 Å². The molecular weight excluding hydrogens is 230 g/mol. The summed E-state index contributed by atoms with van der Waals surface area (Å²) in [6.07, 6.45) is 4.91. The van der Waals surface area contributed by atoms with Crippen molar-refractivity contribution in [2.75, 3.05) is 26.4 Å². The van der Waals surface area contributed by atoms with E-state index in [4.69, 9.17) is 9.47 Å². The van der Waals surface area contributed by atoms with Crippen LogP contribution in [0.15, 0.2) is 0 Å². The molecule has 0 aromatic carbocycles. The Morgan fingerprint density at radius 1 is 1.11 bits per heavy atom. The SMILES string of the molecule is CCCCOCCNC(=O)CCCCOC(C)C. The average molecular weight is 259 g/mol. The summed E-state index contributed by atoms with van der Waals surface area (Å²) in [6.45, 7) is 8.93. The third-order valence-corrected chi connectivity index (χ3v) is 2.46. The monoisotopic (exact) mass is 259 g/mol. The maximum atomic E-state index is 11.4. The van der Waals surface area contributed by atoms with Gasteiger partial charge in [-0.2, -0.15) is 0 Å². The van der Waals surface area contributed by atoms with E-state index in [-0.39, 0.29) is 12.0 Å². The summed E-state index contributed by atoms with van der Waals surface area (Å²) in [4.78, 5) is 11.4. The lowest BCUT2D eigenvalue weighted by Crippen LogP contribution is -2.27. The molecular formula is C14H29NO3. The fourth-order valence-electron chi connectivity index (χ4n) is 1.41. The Kier molecular flexibility index (Phi) is 12.4. The zero-order chi connectivity index (χ0) is 13.6. The summed E-state index contributed by atoms with van der Waals surface area (Å²) in [5.74, 6) is 0.110. The molecule has 0 unspecified atom stereocenters. The summed E-state index contributed by atoms with van der Waals surface area (Å²) >= 11 is 0. The van der Waals surface area contributed by atoms with Gasteiger partial charge in [0.2, 0.25) is 5.91 Å². The van der Waals surface area contributed by atoms with Crippen LogP contribution in [0.3, 0.4) is 0 Å². The van der Waals surface area contributed by atoms with Crippen molar-refractivity contribution in [2.24, 2.45) is 0 Å². The highest BCUT2D eigenvalue weighted by Gasteiger charge is 2.00. The molecule has 0 atom stereocenters. The summed E-state index contributed by atoms with van der Waals surface area (Å²) in [5, 5.41) is 2.85. The number of rotatable bonds is 12. The second kappa shape index (κ2) is 12.8. The van der Waals surface area contributed by atoms with Crippen molar-refractivity contribution >= 4 is 5.91 Å². The molecule has 0 aromatic heterocycles. The summed E-state index contributed by atoms with van der Waals surface area (Å²) in [5.41, 5.74) is 0. The number of ether oxygens (including phenoxy) is 2. The maximum absolute atomic E-state index is 11.4. The number of hydrogen-bond donors (Lipinski definition) is 1. The van der Waals surface area contributed by atoms with Crippen LogP contribution in [-0.2, 0) is 14.3 Å². The Bertz CT molecular complexity index is 195. The molecule has 0 radical (unpaired) electrons. The second-order valence-corrected chi connectivity index (χ2v) is 4.69. The van der Waals surface area contributed by atoms with Gasteiger partial charge in [0, 0.05) is 26.2 Å². The van der Waals surface area contributed by atoms with E-state index >= 15 is 0 Å². The molecule has 0 aliphatic carbocycles. The van der Waals surface area contributed by atoms with E-state index in [0.29, 0.717) is 19.6 Å². The van der Waals surface area contributed by atoms with Crippen molar-refractivity contribution in [3.8, 4) is 0 Å². The summed E-state index contributed by atoms with van der Waals surface area (Å²) in [6, 6.07) is 0. The minimum absolute atomic E-state index is 0.110. The van der Waals surface area contributed by atoms with E-state index in [9.17, 15) is 4.79 Å². The van der Waals surface area contributed by atoms with Crippen LogP contribution in [0.1, 0.15) is 52.9 Å². The molecule has 0 aromatic rings. The Balaban J connectivity index is 3.17. The Morgan fingerprint density at radius 2 is 1.89 bits per heavy atom. The van der Waals surface area contributed by atoms with Crippen LogP contribution in [-0.4, -0.2) is 38.4 Å². The number of nitrogens with one attached hydrogen (secondary N) is 1. The molecule has 0 heterocycles. The van der Waals surface area contributed by atoms with Gasteiger partial charge in [-0.1, -0.05) is 13.3 Å². The molecule has 0 saturated heterocycles. The molecule has 0 saturated carbocycles. The van der Waals surface area contributed by atoms with E-state index in [1.807, 2.05) is 13.8 Å². The minimum atomic E-state index is 0.110. The van der Waals surface area contributed by atoms with Crippen molar-refractivity contribution in [3.05, 3.63) is 0 Å². The molecule has 0 spiro atoms. The van der Waals surface area contributed by atoms with Crippen LogP contribution in [0.25, 0.3) is 0 Å². The van der Waals surface area contributed by atoms with Crippen molar-refractivity contribution in [1.29, 1.82) is 0 Å². The van der Waals surface area contributed by atoms with E-state index in [2.05, 4.69) is 12.2 Å². The molecule has 0 bridgehead atoms. The number of amides is 1. The first kappa shape index (κ1) is 17.4. The first-order valence-electron chi connectivity index (χ1n) is 7.12. The van der Waals surface area contributed by atoms with Gasteiger partial charge >= 0.3 is 0 Å². The second-order valence-electron chi connectivity index (χ2n) is 4.69. The zero-order valence-corrected chi connectivity index (χ0v) is 12.2. The van der Waals surface area contributed by atoms with Gasteiger partial charge in [-0.3, -0.25) is 4.79 Å². The van der Waals surface area contributed by atoms with Crippen LogP contribution in [0.4, 0.5) is 0 Å². The summed E-state index contributed by atoms with van der Waals surface area (Å²) < 4.78 is 10.8. The molecule has 4 nitrogen and oxygen atoms in total. The van der Waals surface area contributed by atoms with Gasteiger partial charge in [-0.15, -0.1) is 0 Å². The quantitative estimate of drug-likeness (QED) is 0.548. The predicted molar refractivity (Wildman–Crippen MR) is 73.7 cm³/mol. The first-order valence-corrected chi connectivity index (χ1v) is 7.12. The largest absolute Gasteiger partial charge is 0.380 e. The Morgan fingerprint density at radius 3 is 2.56 bits per heavy atom. The fraction of sp³-hybridized carbons (Fsp3) is 0.929. The van der Waals surface area contributed by atoms with Crippen molar-refractivity contribution < 1.29 is 14.3 Å². The van der Waals surface area contributed by atoms with Gasteiger partial charge in [0.1, 0.15) is 0 Å². The van der Waals surface area contributed by atoms with Gasteiger partial charge in [0.15, 0.2) is 0 Å².